The van der Waals surface area contributed by atoms with Crippen LogP contribution in [0.4, 0.5) is 5.69 Å². The van der Waals surface area contributed by atoms with E-state index in [1.54, 1.807) is 31.4 Å². The summed E-state index contributed by atoms with van der Waals surface area (Å²) >= 11 is 0. The number of hydrogen-bond donors (Lipinski definition) is 1. The molecule has 0 bridgehead atoms. The van der Waals surface area contributed by atoms with Gasteiger partial charge in [0, 0.05) is 12.5 Å². The van der Waals surface area contributed by atoms with Crippen molar-refractivity contribution < 1.29 is 17.9 Å². The van der Waals surface area contributed by atoms with E-state index in [-0.39, 0.29) is 4.90 Å². The van der Waals surface area contributed by atoms with Gasteiger partial charge in [-0.25, -0.2) is 8.42 Å². The quantitative estimate of drug-likeness (QED) is 0.638. The lowest BCUT2D eigenvalue weighted by molar-refractivity contribution is 0.146. The maximum Gasteiger partial charge on any atom is 0.261 e. The third-order valence-electron chi connectivity index (χ3n) is 4.04. The SMILES string of the molecule is COCCOc1ccc(S(=O)(=O)Nc2cccc3ccccc23)cc1C. The molecule has 0 aromatic heterocycles. The number of fused-ring (bicyclic) bond motifs is 1. The normalized spacial score (nSPS) is 11.5. The van der Waals surface area contributed by atoms with Gasteiger partial charge in [0.15, 0.2) is 0 Å². The number of anilines is 1. The fourth-order valence-corrected chi connectivity index (χ4v) is 3.87. The van der Waals surface area contributed by atoms with Crippen LogP contribution < -0.4 is 9.46 Å². The lowest BCUT2D eigenvalue weighted by atomic mass is 10.1. The molecule has 26 heavy (non-hydrogen) atoms. The average Bonchev–Trinajstić information content (AvgIpc) is 2.63. The minimum absolute atomic E-state index is 0.196. The van der Waals surface area contributed by atoms with E-state index >= 15 is 0 Å². The molecule has 5 nitrogen and oxygen atoms in total. The Bertz CT molecular complexity index is 1010. The topological polar surface area (TPSA) is 64.6 Å². The number of rotatable bonds is 7. The number of methoxy groups -OCH3 is 1. The van der Waals surface area contributed by atoms with Crippen molar-refractivity contribution in [3.8, 4) is 5.75 Å². The molecule has 0 aliphatic carbocycles. The van der Waals surface area contributed by atoms with Gasteiger partial charge in [0.05, 0.1) is 17.2 Å². The van der Waals surface area contributed by atoms with Crippen molar-refractivity contribution in [3.63, 3.8) is 0 Å². The molecular formula is C20H21NO4S. The molecular weight excluding hydrogens is 350 g/mol. The fraction of sp³-hybridized carbons (Fsp3) is 0.200. The van der Waals surface area contributed by atoms with Crippen LogP contribution in [0, 0.1) is 6.92 Å². The zero-order valence-electron chi connectivity index (χ0n) is 14.7. The Balaban J connectivity index is 1.87. The van der Waals surface area contributed by atoms with Gasteiger partial charge in [-0.2, -0.15) is 0 Å². The highest BCUT2D eigenvalue weighted by molar-refractivity contribution is 7.92. The fourth-order valence-electron chi connectivity index (χ4n) is 2.70. The first kappa shape index (κ1) is 18.2. The summed E-state index contributed by atoms with van der Waals surface area (Å²) in [6.45, 7) is 2.71. The molecule has 0 saturated carbocycles. The van der Waals surface area contributed by atoms with Gasteiger partial charge in [-0.05, 0) is 42.1 Å². The Morgan fingerprint density at radius 2 is 1.73 bits per heavy atom. The van der Waals surface area contributed by atoms with Gasteiger partial charge in [0.2, 0.25) is 0 Å². The summed E-state index contributed by atoms with van der Waals surface area (Å²) in [4.78, 5) is 0.196. The number of nitrogens with one attached hydrogen (secondary N) is 1. The predicted molar refractivity (Wildman–Crippen MR) is 103 cm³/mol. The lowest BCUT2D eigenvalue weighted by Gasteiger charge is -2.13. The molecule has 3 aromatic carbocycles. The van der Waals surface area contributed by atoms with Crippen molar-refractivity contribution in [1.82, 2.24) is 0 Å². The van der Waals surface area contributed by atoms with Crippen molar-refractivity contribution in [2.24, 2.45) is 0 Å². The van der Waals surface area contributed by atoms with Gasteiger partial charge < -0.3 is 9.47 Å². The van der Waals surface area contributed by atoms with Gasteiger partial charge in [-0.1, -0.05) is 36.4 Å². The van der Waals surface area contributed by atoms with Crippen LogP contribution in [0.15, 0.2) is 65.6 Å². The second kappa shape index (κ2) is 7.76. The summed E-state index contributed by atoms with van der Waals surface area (Å²) < 4.78 is 38.8. The van der Waals surface area contributed by atoms with E-state index in [2.05, 4.69) is 4.72 Å². The number of benzene rings is 3. The lowest BCUT2D eigenvalue weighted by Crippen LogP contribution is -2.13. The smallest absolute Gasteiger partial charge is 0.261 e. The molecule has 0 aliphatic rings. The van der Waals surface area contributed by atoms with E-state index in [0.717, 1.165) is 16.3 Å². The Kier molecular flexibility index (Phi) is 5.44. The number of hydrogen-bond acceptors (Lipinski definition) is 4. The molecule has 1 N–H and O–H groups in total. The van der Waals surface area contributed by atoms with Crippen LogP contribution in [0.5, 0.6) is 5.75 Å². The summed E-state index contributed by atoms with van der Waals surface area (Å²) in [5, 5.41) is 1.83. The monoisotopic (exact) mass is 371 g/mol. The van der Waals surface area contributed by atoms with Crippen LogP contribution in [0.25, 0.3) is 10.8 Å². The summed E-state index contributed by atoms with van der Waals surface area (Å²) in [6.07, 6.45) is 0. The van der Waals surface area contributed by atoms with Crippen LogP contribution in [0.3, 0.4) is 0 Å². The minimum Gasteiger partial charge on any atom is -0.491 e. The van der Waals surface area contributed by atoms with Crippen molar-refractivity contribution >= 4 is 26.5 Å². The predicted octanol–water partition coefficient (Wildman–Crippen LogP) is 3.97. The van der Waals surface area contributed by atoms with Crippen LogP contribution in [-0.4, -0.2) is 28.7 Å². The molecule has 0 spiro atoms. The molecule has 0 fully saturated rings. The molecule has 0 unspecified atom stereocenters. The number of aryl methyl sites for hydroxylation is 1. The molecule has 0 radical (unpaired) electrons. The van der Waals surface area contributed by atoms with Gasteiger partial charge in [-0.15, -0.1) is 0 Å². The van der Waals surface area contributed by atoms with Gasteiger partial charge in [0.25, 0.3) is 10.0 Å². The van der Waals surface area contributed by atoms with E-state index < -0.39 is 10.0 Å². The van der Waals surface area contributed by atoms with E-state index in [4.69, 9.17) is 9.47 Å². The molecule has 0 aliphatic heterocycles. The zero-order chi connectivity index (χ0) is 18.6. The molecule has 3 rings (SSSR count). The average molecular weight is 371 g/mol. The number of ether oxygens (including phenoxy) is 2. The molecule has 136 valence electrons. The first-order chi connectivity index (χ1) is 12.5. The van der Waals surface area contributed by atoms with Crippen molar-refractivity contribution in [2.45, 2.75) is 11.8 Å². The van der Waals surface area contributed by atoms with Crippen LogP contribution in [0.1, 0.15) is 5.56 Å². The summed E-state index contributed by atoms with van der Waals surface area (Å²) in [5.74, 6) is 0.645. The Morgan fingerprint density at radius 3 is 2.50 bits per heavy atom. The van der Waals surface area contributed by atoms with Crippen molar-refractivity contribution in [2.75, 3.05) is 25.0 Å². The van der Waals surface area contributed by atoms with Crippen molar-refractivity contribution in [1.29, 1.82) is 0 Å². The molecule has 0 atom stereocenters. The van der Waals surface area contributed by atoms with Crippen LogP contribution in [0.2, 0.25) is 0 Å². The second-order valence-electron chi connectivity index (χ2n) is 5.90. The Hall–Kier alpha value is -2.57. The third-order valence-corrected chi connectivity index (χ3v) is 5.40. The van der Waals surface area contributed by atoms with Crippen LogP contribution in [-0.2, 0) is 14.8 Å². The van der Waals surface area contributed by atoms with Gasteiger partial charge >= 0.3 is 0 Å². The molecule has 6 heteroatoms. The first-order valence-corrected chi connectivity index (χ1v) is 9.72. The molecule has 3 aromatic rings. The Labute approximate surface area is 153 Å². The summed E-state index contributed by atoms with van der Waals surface area (Å²) in [5.41, 5.74) is 1.31. The molecule has 0 heterocycles. The zero-order valence-corrected chi connectivity index (χ0v) is 15.5. The largest absolute Gasteiger partial charge is 0.491 e. The highest BCUT2D eigenvalue weighted by Gasteiger charge is 2.17. The third kappa shape index (κ3) is 3.98. The Morgan fingerprint density at radius 1 is 0.962 bits per heavy atom. The number of sulfonamides is 1. The summed E-state index contributed by atoms with van der Waals surface area (Å²) in [6, 6.07) is 18.0. The summed E-state index contributed by atoms with van der Waals surface area (Å²) in [7, 11) is -2.10. The minimum atomic E-state index is -3.70. The highest BCUT2D eigenvalue weighted by atomic mass is 32.2. The van der Waals surface area contributed by atoms with E-state index in [1.807, 2.05) is 43.3 Å². The first-order valence-electron chi connectivity index (χ1n) is 8.24. The van der Waals surface area contributed by atoms with E-state index in [1.165, 1.54) is 0 Å². The standard InChI is InChI=1S/C20H21NO4S/c1-15-14-17(10-11-20(15)25-13-12-24-2)26(22,23)21-19-9-5-7-16-6-3-4-8-18(16)19/h3-11,14,21H,12-13H2,1-2H3. The van der Waals surface area contributed by atoms with Crippen molar-refractivity contribution in [3.05, 3.63) is 66.2 Å². The van der Waals surface area contributed by atoms with Gasteiger partial charge in [0.1, 0.15) is 12.4 Å². The maximum absolute atomic E-state index is 12.8. The molecule has 0 amide bonds. The van der Waals surface area contributed by atoms with Crippen LogP contribution >= 0.6 is 0 Å². The molecule has 0 saturated heterocycles. The second-order valence-corrected chi connectivity index (χ2v) is 7.58. The highest BCUT2D eigenvalue weighted by Crippen LogP contribution is 2.27. The van der Waals surface area contributed by atoms with E-state index in [0.29, 0.717) is 24.7 Å². The maximum atomic E-state index is 12.8. The van der Waals surface area contributed by atoms with Gasteiger partial charge in [-0.3, -0.25) is 4.72 Å². The van der Waals surface area contributed by atoms with E-state index in [9.17, 15) is 8.42 Å².